The third-order valence-electron chi connectivity index (χ3n) is 6.82. The SMILES string of the molecule is CC(C)c1ccc(C2Sc3ccccc3N2CCc2ccccc2)c(=O)c(N2CCNCC2)c1. The van der Waals surface area contributed by atoms with E-state index in [1.54, 1.807) is 11.8 Å². The van der Waals surface area contributed by atoms with Gasteiger partial charge in [0, 0.05) is 43.2 Å². The molecule has 1 unspecified atom stereocenters. The molecule has 4 nitrogen and oxygen atoms in total. The van der Waals surface area contributed by atoms with Crippen molar-refractivity contribution in [1.82, 2.24) is 5.32 Å². The van der Waals surface area contributed by atoms with Crippen molar-refractivity contribution in [2.24, 2.45) is 0 Å². The average molecular weight is 472 g/mol. The van der Waals surface area contributed by atoms with Crippen LogP contribution in [0.2, 0.25) is 0 Å². The molecule has 1 N–H and O–H groups in total. The number of para-hydroxylation sites is 1. The van der Waals surface area contributed by atoms with Gasteiger partial charge in [-0.2, -0.15) is 0 Å². The summed E-state index contributed by atoms with van der Waals surface area (Å²) in [5, 5.41) is 3.39. The van der Waals surface area contributed by atoms with Gasteiger partial charge in [0.15, 0.2) is 0 Å². The maximum atomic E-state index is 14.1. The fraction of sp³-hybridized carbons (Fsp3) is 0.345. The summed E-state index contributed by atoms with van der Waals surface area (Å²) in [5.74, 6) is 0.365. The molecule has 0 spiro atoms. The Morgan fingerprint density at radius 2 is 1.68 bits per heavy atom. The lowest BCUT2D eigenvalue weighted by Crippen LogP contribution is -2.45. The molecule has 1 saturated heterocycles. The minimum Gasteiger partial charge on any atom is -0.366 e. The van der Waals surface area contributed by atoms with Gasteiger partial charge in [0.05, 0.1) is 11.4 Å². The van der Waals surface area contributed by atoms with E-state index >= 15 is 0 Å². The van der Waals surface area contributed by atoms with Crippen LogP contribution in [0.3, 0.4) is 0 Å². The minimum absolute atomic E-state index is 0.0253. The molecule has 34 heavy (non-hydrogen) atoms. The first kappa shape index (κ1) is 23.0. The zero-order valence-electron chi connectivity index (χ0n) is 20.0. The topological polar surface area (TPSA) is 35.6 Å². The number of nitrogens with one attached hydrogen (secondary N) is 1. The van der Waals surface area contributed by atoms with Gasteiger partial charge in [0.25, 0.3) is 0 Å². The van der Waals surface area contributed by atoms with Crippen molar-refractivity contribution >= 4 is 23.1 Å². The Kier molecular flexibility index (Phi) is 6.93. The molecule has 5 rings (SSSR count). The van der Waals surface area contributed by atoms with Crippen molar-refractivity contribution in [3.8, 4) is 0 Å². The molecule has 5 heteroatoms. The van der Waals surface area contributed by atoms with E-state index in [9.17, 15) is 4.79 Å². The van der Waals surface area contributed by atoms with E-state index < -0.39 is 0 Å². The van der Waals surface area contributed by atoms with Crippen LogP contribution in [0.4, 0.5) is 11.4 Å². The lowest BCUT2D eigenvalue weighted by molar-refractivity contribution is 0.588. The van der Waals surface area contributed by atoms with Crippen molar-refractivity contribution in [3.05, 3.63) is 99.7 Å². The van der Waals surface area contributed by atoms with Gasteiger partial charge in [-0.05, 0) is 41.7 Å². The predicted molar refractivity (Wildman–Crippen MR) is 144 cm³/mol. The molecule has 2 heterocycles. The molecule has 2 aliphatic heterocycles. The highest BCUT2D eigenvalue weighted by Crippen LogP contribution is 2.50. The fourth-order valence-corrected chi connectivity index (χ4v) is 6.21. The van der Waals surface area contributed by atoms with Crippen molar-refractivity contribution in [2.75, 3.05) is 42.5 Å². The van der Waals surface area contributed by atoms with Gasteiger partial charge in [-0.15, -0.1) is 0 Å². The Morgan fingerprint density at radius 3 is 2.44 bits per heavy atom. The van der Waals surface area contributed by atoms with Crippen LogP contribution in [0.5, 0.6) is 0 Å². The van der Waals surface area contributed by atoms with E-state index in [0.29, 0.717) is 5.92 Å². The van der Waals surface area contributed by atoms with Crippen LogP contribution in [0.15, 0.2) is 82.5 Å². The second-order valence-corrected chi connectivity index (χ2v) is 10.5. The monoisotopic (exact) mass is 471 g/mol. The Balaban J connectivity index is 1.56. The summed E-state index contributed by atoms with van der Waals surface area (Å²) in [4.78, 5) is 20.1. The maximum absolute atomic E-state index is 14.1. The molecule has 2 aliphatic rings. The molecule has 3 aromatic carbocycles. The molecular weight excluding hydrogens is 438 g/mol. The Morgan fingerprint density at radius 1 is 0.941 bits per heavy atom. The number of thioether (sulfide) groups is 1. The fourth-order valence-electron chi connectivity index (χ4n) is 4.84. The van der Waals surface area contributed by atoms with Crippen LogP contribution in [-0.2, 0) is 6.42 Å². The summed E-state index contributed by atoms with van der Waals surface area (Å²) >= 11 is 1.81. The smallest absolute Gasteiger partial charge is 0.208 e. The first-order valence-electron chi connectivity index (χ1n) is 12.3. The number of rotatable bonds is 6. The first-order valence-corrected chi connectivity index (χ1v) is 13.2. The van der Waals surface area contributed by atoms with E-state index in [4.69, 9.17) is 0 Å². The van der Waals surface area contributed by atoms with Crippen LogP contribution >= 0.6 is 11.8 Å². The zero-order chi connectivity index (χ0) is 23.5. The van der Waals surface area contributed by atoms with Crippen molar-refractivity contribution < 1.29 is 0 Å². The van der Waals surface area contributed by atoms with Crippen LogP contribution in [-0.4, -0.2) is 32.7 Å². The van der Waals surface area contributed by atoms with Crippen molar-refractivity contribution in [1.29, 1.82) is 0 Å². The van der Waals surface area contributed by atoms with E-state index in [-0.39, 0.29) is 10.8 Å². The predicted octanol–water partition coefficient (Wildman–Crippen LogP) is 5.43. The second kappa shape index (κ2) is 10.2. The van der Waals surface area contributed by atoms with Crippen molar-refractivity contribution in [2.45, 2.75) is 36.5 Å². The van der Waals surface area contributed by atoms with Gasteiger partial charge >= 0.3 is 0 Å². The minimum atomic E-state index is -0.0253. The lowest BCUT2D eigenvalue weighted by atomic mass is 10.1. The molecular formula is C29H33N3OS. The molecule has 1 fully saturated rings. The molecule has 3 aromatic rings. The van der Waals surface area contributed by atoms with Gasteiger partial charge < -0.3 is 15.1 Å². The van der Waals surface area contributed by atoms with Crippen molar-refractivity contribution in [3.63, 3.8) is 0 Å². The first-order chi connectivity index (χ1) is 16.6. The van der Waals surface area contributed by atoms with E-state index in [1.807, 2.05) is 0 Å². The summed E-state index contributed by atoms with van der Waals surface area (Å²) in [5.41, 5.74) is 5.67. The molecule has 0 aliphatic carbocycles. The van der Waals surface area contributed by atoms with Gasteiger partial charge in [0.2, 0.25) is 5.43 Å². The lowest BCUT2D eigenvalue weighted by Gasteiger charge is -2.30. The van der Waals surface area contributed by atoms with Gasteiger partial charge in [-0.1, -0.05) is 80.2 Å². The molecule has 0 radical (unpaired) electrons. The van der Waals surface area contributed by atoms with Crippen LogP contribution in [0.1, 0.15) is 41.8 Å². The molecule has 0 aromatic heterocycles. The summed E-state index contributed by atoms with van der Waals surface area (Å²) in [7, 11) is 0. The van der Waals surface area contributed by atoms with E-state index in [0.717, 1.165) is 50.4 Å². The third-order valence-corrected chi connectivity index (χ3v) is 8.16. The zero-order valence-corrected chi connectivity index (χ0v) is 20.9. The molecule has 1 atom stereocenters. The number of piperazine rings is 1. The number of nitrogens with zero attached hydrogens (tertiary/aromatic N) is 2. The molecule has 0 saturated carbocycles. The molecule has 176 valence electrons. The quantitative estimate of drug-likeness (QED) is 0.518. The van der Waals surface area contributed by atoms with Gasteiger partial charge in [0.1, 0.15) is 5.37 Å². The highest BCUT2D eigenvalue weighted by atomic mass is 32.2. The average Bonchev–Trinajstić information content (AvgIpc) is 3.13. The number of benzene rings is 2. The number of fused-ring (bicyclic) bond motifs is 1. The molecule has 0 bridgehead atoms. The summed E-state index contributed by atoms with van der Waals surface area (Å²) in [6.45, 7) is 8.84. The Hall–Kier alpha value is -2.76. The van der Waals surface area contributed by atoms with Gasteiger partial charge in [-0.25, -0.2) is 0 Å². The number of hydrogen-bond donors (Lipinski definition) is 1. The van der Waals surface area contributed by atoms with E-state index in [1.165, 1.54) is 21.7 Å². The number of anilines is 2. The van der Waals surface area contributed by atoms with Gasteiger partial charge in [-0.3, -0.25) is 4.79 Å². The highest BCUT2D eigenvalue weighted by Gasteiger charge is 2.33. The third kappa shape index (κ3) is 4.73. The second-order valence-electron chi connectivity index (χ2n) is 9.41. The largest absolute Gasteiger partial charge is 0.366 e. The molecule has 0 amide bonds. The normalized spacial score (nSPS) is 17.8. The van der Waals surface area contributed by atoms with Crippen LogP contribution < -0.4 is 20.5 Å². The summed E-state index contributed by atoms with van der Waals surface area (Å²) in [6, 6.07) is 25.6. The standard InChI is InChI=1S/C29H33N3OS/c1-21(2)23-12-13-24(28(33)26(20-23)31-18-15-30-16-19-31)29-32(17-14-22-8-4-3-5-9-22)25-10-6-7-11-27(25)34-29/h3-13,20-21,29-30H,14-19H2,1-2H3. The number of hydrogen-bond acceptors (Lipinski definition) is 5. The Labute approximate surface area is 207 Å². The maximum Gasteiger partial charge on any atom is 0.208 e. The summed E-state index contributed by atoms with van der Waals surface area (Å²) in [6.07, 6.45) is 0.946. The van der Waals surface area contributed by atoms with E-state index in [2.05, 4.69) is 102 Å². The Bertz CT molecular complexity index is 1190. The highest BCUT2D eigenvalue weighted by molar-refractivity contribution is 8.00. The van der Waals surface area contributed by atoms with Crippen LogP contribution in [0.25, 0.3) is 0 Å². The summed E-state index contributed by atoms with van der Waals surface area (Å²) < 4.78 is 0. The van der Waals surface area contributed by atoms with Crippen LogP contribution in [0, 0.1) is 0 Å².